The van der Waals surface area contributed by atoms with Gasteiger partial charge in [-0.25, -0.2) is 14.6 Å². The molecule has 3 N–H and O–H groups in total. The normalized spacial score (nSPS) is 12.1. The number of nitrogens with zero attached hydrogens (tertiary/aromatic N) is 1. The number of carboxylic acid groups (broad SMARTS) is 1. The van der Waals surface area contributed by atoms with Crippen molar-refractivity contribution < 1.29 is 19.1 Å². The van der Waals surface area contributed by atoms with Gasteiger partial charge in [0.2, 0.25) is 5.89 Å². The first-order chi connectivity index (χ1) is 12.9. The maximum absolute atomic E-state index is 12.2. The van der Waals surface area contributed by atoms with E-state index in [0.717, 1.165) is 5.52 Å². The number of nitrogens with one attached hydrogen (secondary N) is 2. The number of hydrogen-bond acceptors (Lipinski definition) is 4. The molecular weight excluding hydrogens is 346 g/mol. The van der Waals surface area contributed by atoms with Crippen LogP contribution in [0.25, 0.3) is 22.6 Å². The van der Waals surface area contributed by atoms with Crippen LogP contribution in [0.2, 0.25) is 0 Å². The quantitative estimate of drug-likeness (QED) is 0.608. The lowest BCUT2D eigenvalue weighted by Crippen LogP contribution is -2.43. The average molecular weight is 367 g/mol. The molecule has 3 rings (SSSR count). The molecule has 27 heavy (non-hydrogen) atoms. The second-order valence-electron chi connectivity index (χ2n) is 6.69. The molecular formula is C20H21N3O4. The molecule has 0 spiro atoms. The van der Waals surface area contributed by atoms with Crippen molar-refractivity contribution in [2.75, 3.05) is 5.32 Å². The Kier molecular flexibility index (Phi) is 5.40. The highest BCUT2D eigenvalue weighted by atomic mass is 16.4. The monoisotopic (exact) mass is 367 g/mol. The summed E-state index contributed by atoms with van der Waals surface area (Å²) in [6.45, 7) is 3.80. The zero-order valence-corrected chi connectivity index (χ0v) is 15.1. The Labute approximate surface area is 156 Å². The molecule has 7 heteroatoms. The number of aliphatic carboxylic acids is 1. The van der Waals surface area contributed by atoms with Gasteiger partial charge in [0.15, 0.2) is 5.58 Å². The number of hydrogen-bond donors (Lipinski definition) is 3. The number of para-hydroxylation sites is 2. The van der Waals surface area contributed by atoms with Crippen molar-refractivity contribution >= 4 is 28.8 Å². The summed E-state index contributed by atoms with van der Waals surface area (Å²) in [7, 11) is 0. The SMILES string of the molecule is CC(C)C[C@H](NC(=O)Nc1cccc(-c2nc3ccccc3o2)c1)C(=O)O. The van der Waals surface area contributed by atoms with Crippen LogP contribution in [-0.4, -0.2) is 28.1 Å². The standard InChI is InChI=1S/C20H21N3O4/c1-12(2)10-16(19(24)25)23-20(26)21-14-7-5-6-13(11-14)18-22-15-8-3-4-9-17(15)27-18/h3-9,11-12,16H,10H2,1-2H3,(H,24,25)(H2,21,23,26)/t16-/m0/s1. The van der Waals surface area contributed by atoms with E-state index in [-0.39, 0.29) is 5.92 Å². The molecule has 1 atom stereocenters. The Morgan fingerprint density at radius 2 is 1.93 bits per heavy atom. The number of urea groups is 1. The van der Waals surface area contributed by atoms with Crippen LogP contribution in [0.15, 0.2) is 52.9 Å². The van der Waals surface area contributed by atoms with Gasteiger partial charge in [0.05, 0.1) is 0 Å². The van der Waals surface area contributed by atoms with E-state index in [1.54, 1.807) is 18.2 Å². The topological polar surface area (TPSA) is 104 Å². The highest BCUT2D eigenvalue weighted by molar-refractivity contribution is 5.92. The maximum Gasteiger partial charge on any atom is 0.326 e. The van der Waals surface area contributed by atoms with E-state index in [1.165, 1.54) is 0 Å². The lowest BCUT2D eigenvalue weighted by molar-refractivity contribution is -0.139. The maximum atomic E-state index is 12.2. The lowest BCUT2D eigenvalue weighted by Gasteiger charge is -2.17. The third-order valence-corrected chi connectivity index (χ3v) is 3.97. The number of anilines is 1. The molecule has 0 saturated heterocycles. The number of aromatic nitrogens is 1. The number of carbonyl (C=O) groups is 2. The zero-order chi connectivity index (χ0) is 19.4. The van der Waals surface area contributed by atoms with Crippen LogP contribution in [0.5, 0.6) is 0 Å². The van der Waals surface area contributed by atoms with Crippen LogP contribution >= 0.6 is 0 Å². The van der Waals surface area contributed by atoms with Crippen molar-refractivity contribution in [2.24, 2.45) is 5.92 Å². The van der Waals surface area contributed by atoms with E-state index in [2.05, 4.69) is 15.6 Å². The minimum absolute atomic E-state index is 0.147. The summed E-state index contributed by atoms with van der Waals surface area (Å²) in [6, 6.07) is 13.0. The molecule has 0 bridgehead atoms. The molecule has 2 aromatic carbocycles. The largest absolute Gasteiger partial charge is 0.480 e. The summed E-state index contributed by atoms with van der Waals surface area (Å²) in [5.74, 6) is -0.462. The Balaban J connectivity index is 1.73. The number of carbonyl (C=O) groups excluding carboxylic acids is 1. The minimum Gasteiger partial charge on any atom is -0.480 e. The molecule has 1 aromatic heterocycles. The number of amides is 2. The molecule has 7 nitrogen and oxygen atoms in total. The van der Waals surface area contributed by atoms with Crippen molar-refractivity contribution in [3.05, 3.63) is 48.5 Å². The third kappa shape index (κ3) is 4.63. The van der Waals surface area contributed by atoms with Crippen LogP contribution < -0.4 is 10.6 Å². The van der Waals surface area contributed by atoms with Crippen LogP contribution in [0.1, 0.15) is 20.3 Å². The Hall–Kier alpha value is -3.35. The van der Waals surface area contributed by atoms with Gasteiger partial charge in [-0.05, 0) is 42.7 Å². The summed E-state index contributed by atoms with van der Waals surface area (Å²) in [5, 5.41) is 14.4. The van der Waals surface area contributed by atoms with Gasteiger partial charge in [0.1, 0.15) is 11.6 Å². The number of carboxylic acids is 1. The van der Waals surface area contributed by atoms with Crippen LogP contribution in [0.3, 0.4) is 0 Å². The first-order valence-electron chi connectivity index (χ1n) is 8.68. The first-order valence-corrected chi connectivity index (χ1v) is 8.68. The van der Waals surface area contributed by atoms with Crippen molar-refractivity contribution in [3.8, 4) is 11.5 Å². The molecule has 2 amide bonds. The van der Waals surface area contributed by atoms with Gasteiger partial charge in [-0.3, -0.25) is 0 Å². The van der Waals surface area contributed by atoms with Crippen molar-refractivity contribution in [1.29, 1.82) is 0 Å². The molecule has 0 saturated carbocycles. The smallest absolute Gasteiger partial charge is 0.326 e. The van der Waals surface area contributed by atoms with Gasteiger partial charge in [0, 0.05) is 11.3 Å². The van der Waals surface area contributed by atoms with Gasteiger partial charge in [-0.15, -0.1) is 0 Å². The predicted molar refractivity (Wildman–Crippen MR) is 102 cm³/mol. The highest BCUT2D eigenvalue weighted by Crippen LogP contribution is 2.26. The summed E-state index contributed by atoms with van der Waals surface area (Å²) in [4.78, 5) is 27.9. The highest BCUT2D eigenvalue weighted by Gasteiger charge is 2.21. The van der Waals surface area contributed by atoms with Gasteiger partial charge in [0.25, 0.3) is 0 Å². The second kappa shape index (κ2) is 7.90. The predicted octanol–water partition coefficient (Wildman–Crippen LogP) is 4.12. The Morgan fingerprint density at radius 1 is 1.15 bits per heavy atom. The molecule has 0 fully saturated rings. The second-order valence-corrected chi connectivity index (χ2v) is 6.69. The number of rotatable bonds is 6. The van der Waals surface area contributed by atoms with Crippen molar-refractivity contribution in [1.82, 2.24) is 10.3 Å². The van der Waals surface area contributed by atoms with Crippen LogP contribution in [0, 0.1) is 5.92 Å². The van der Waals surface area contributed by atoms with Crippen molar-refractivity contribution in [2.45, 2.75) is 26.3 Å². The summed E-state index contributed by atoms with van der Waals surface area (Å²) < 4.78 is 5.74. The van der Waals surface area contributed by atoms with E-state index in [9.17, 15) is 14.7 Å². The van der Waals surface area contributed by atoms with E-state index in [4.69, 9.17) is 4.42 Å². The van der Waals surface area contributed by atoms with Crippen LogP contribution in [-0.2, 0) is 4.79 Å². The Morgan fingerprint density at radius 3 is 2.63 bits per heavy atom. The molecule has 140 valence electrons. The van der Waals surface area contributed by atoms with Crippen molar-refractivity contribution in [3.63, 3.8) is 0 Å². The summed E-state index contributed by atoms with van der Waals surface area (Å²) >= 11 is 0. The molecule has 3 aromatic rings. The van der Waals surface area contributed by atoms with E-state index in [1.807, 2.05) is 44.2 Å². The molecule has 0 aliphatic heterocycles. The Bertz CT molecular complexity index is 932. The zero-order valence-electron chi connectivity index (χ0n) is 15.1. The van der Waals surface area contributed by atoms with Gasteiger partial charge < -0.3 is 20.2 Å². The molecule has 1 heterocycles. The van der Waals surface area contributed by atoms with Crippen LogP contribution in [0.4, 0.5) is 10.5 Å². The van der Waals surface area contributed by atoms with Gasteiger partial charge >= 0.3 is 12.0 Å². The minimum atomic E-state index is -1.06. The summed E-state index contributed by atoms with van der Waals surface area (Å²) in [6.07, 6.45) is 0.353. The van der Waals surface area contributed by atoms with Gasteiger partial charge in [-0.1, -0.05) is 32.0 Å². The molecule has 0 aliphatic carbocycles. The van der Waals surface area contributed by atoms with E-state index >= 15 is 0 Å². The first kappa shape index (κ1) is 18.4. The number of fused-ring (bicyclic) bond motifs is 1. The molecule has 0 radical (unpaired) electrons. The number of benzene rings is 2. The summed E-state index contributed by atoms with van der Waals surface area (Å²) in [5.41, 5.74) is 2.66. The van der Waals surface area contributed by atoms with Gasteiger partial charge in [-0.2, -0.15) is 0 Å². The fraction of sp³-hybridized carbons (Fsp3) is 0.250. The molecule has 0 unspecified atom stereocenters. The molecule has 0 aliphatic rings. The third-order valence-electron chi connectivity index (χ3n) is 3.97. The average Bonchev–Trinajstić information content (AvgIpc) is 3.05. The fourth-order valence-electron chi connectivity index (χ4n) is 2.74. The lowest BCUT2D eigenvalue weighted by atomic mass is 10.0. The fourth-order valence-corrected chi connectivity index (χ4v) is 2.74. The number of oxazole rings is 1. The van der Waals surface area contributed by atoms with E-state index < -0.39 is 18.0 Å². The van der Waals surface area contributed by atoms with E-state index in [0.29, 0.717) is 29.1 Å².